The summed E-state index contributed by atoms with van der Waals surface area (Å²) >= 11 is 0. The lowest BCUT2D eigenvalue weighted by molar-refractivity contribution is -0.275. The van der Waals surface area contributed by atoms with E-state index < -0.39 is 12.4 Å². The Bertz CT molecular complexity index is 385. The molecule has 1 aromatic rings. The summed E-state index contributed by atoms with van der Waals surface area (Å²) in [7, 11) is 1.54. The minimum atomic E-state index is -4.72. The Hall–Kier alpha value is -1.31. The molecule has 0 aliphatic heterocycles. The SMILES string of the molecule is COCCNC(CN)c1ccccc1OC(F)(F)F. The zero-order chi connectivity index (χ0) is 14.3. The van der Waals surface area contributed by atoms with Crippen LogP contribution >= 0.6 is 0 Å². The monoisotopic (exact) mass is 278 g/mol. The van der Waals surface area contributed by atoms with Gasteiger partial charge in [0.2, 0.25) is 0 Å². The van der Waals surface area contributed by atoms with Crippen molar-refractivity contribution in [2.24, 2.45) is 5.73 Å². The summed E-state index contributed by atoms with van der Waals surface area (Å²) in [6.07, 6.45) is -4.72. The number of hydrogen-bond acceptors (Lipinski definition) is 4. The minimum Gasteiger partial charge on any atom is -0.405 e. The first-order valence-electron chi connectivity index (χ1n) is 5.75. The molecular weight excluding hydrogens is 261 g/mol. The van der Waals surface area contributed by atoms with Crippen molar-refractivity contribution in [3.8, 4) is 5.75 Å². The van der Waals surface area contributed by atoms with E-state index in [1.807, 2.05) is 0 Å². The topological polar surface area (TPSA) is 56.5 Å². The van der Waals surface area contributed by atoms with Crippen LogP contribution in [0.2, 0.25) is 0 Å². The third kappa shape index (κ3) is 5.46. The second kappa shape index (κ2) is 7.32. The van der Waals surface area contributed by atoms with Gasteiger partial charge in [-0.3, -0.25) is 0 Å². The number of methoxy groups -OCH3 is 1. The van der Waals surface area contributed by atoms with Gasteiger partial charge in [-0.1, -0.05) is 18.2 Å². The Morgan fingerprint density at radius 3 is 2.58 bits per heavy atom. The maximum Gasteiger partial charge on any atom is 0.573 e. The Balaban J connectivity index is 2.84. The zero-order valence-corrected chi connectivity index (χ0v) is 10.5. The van der Waals surface area contributed by atoms with Gasteiger partial charge < -0.3 is 20.5 Å². The van der Waals surface area contributed by atoms with Crippen LogP contribution in [0.1, 0.15) is 11.6 Å². The van der Waals surface area contributed by atoms with Crippen LogP contribution in [0.3, 0.4) is 0 Å². The van der Waals surface area contributed by atoms with E-state index in [1.54, 1.807) is 19.2 Å². The van der Waals surface area contributed by atoms with E-state index in [-0.39, 0.29) is 12.3 Å². The van der Waals surface area contributed by atoms with Gasteiger partial charge in [-0.25, -0.2) is 0 Å². The number of para-hydroxylation sites is 1. The fraction of sp³-hybridized carbons (Fsp3) is 0.500. The molecule has 0 saturated carbocycles. The average Bonchev–Trinajstić information content (AvgIpc) is 2.34. The molecule has 0 saturated heterocycles. The molecule has 108 valence electrons. The molecule has 1 atom stereocenters. The quantitative estimate of drug-likeness (QED) is 0.747. The van der Waals surface area contributed by atoms with E-state index in [0.717, 1.165) is 0 Å². The number of rotatable bonds is 7. The molecule has 0 spiro atoms. The van der Waals surface area contributed by atoms with E-state index in [2.05, 4.69) is 10.1 Å². The normalized spacial score (nSPS) is 13.3. The molecule has 0 aromatic heterocycles. The second-order valence-electron chi connectivity index (χ2n) is 3.82. The largest absolute Gasteiger partial charge is 0.573 e. The van der Waals surface area contributed by atoms with Crippen LogP contribution in [0, 0.1) is 0 Å². The summed E-state index contributed by atoms with van der Waals surface area (Å²) in [6.45, 7) is 1.08. The average molecular weight is 278 g/mol. The Labute approximate surface area is 109 Å². The molecular formula is C12H17F3N2O2. The number of alkyl halides is 3. The first-order chi connectivity index (χ1) is 8.98. The van der Waals surface area contributed by atoms with E-state index in [4.69, 9.17) is 10.5 Å². The number of ether oxygens (including phenoxy) is 2. The van der Waals surface area contributed by atoms with E-state index in [9.17, 15) is 13.2 Å². The lowest BCUT2D eigenvalue weighted by Gasteiger charge is -2.21. The maximum absolute atomic E-state index is 12.3. The summed E-state index contributed by atoms with van der Waals surface area (Å²) in [6, 6.07) is 5.52. The smallest absolute Gasteiger partial charge is 0.405 e. The van der Waals surface area contributed by atoms with E-state index in [1.165, 1.54) is 12.1 Å². The van der Waals surface area contributed by atoms with Crippen molar-refractivity contribution in [1.29, 1.82) is 0 Å². The number of halogens is 3. The van der Waals surface area contributed by atoms with Gasteiger partial charge in [0.15, 0.2) is 0 Å². The summed E-state index contributed by atoms with van der Waals surface area (Å²) < 4.78 is 45.8. The summed E-state index contributed by atoms with van der Waals surface area (Å²) in [5, 5.41) is 3.02. The van der Waals surface area contributed by atoms with Crippen LogP contribution in [-0.2, 0) is 4.74 Å². The highest BCUT2D eigenvalue weighted by Gasteiger charge is 2.32. The number of nitrogens with two attached hydrogens (primary N) is 1. The van der Waals surface area contributed by atoms with Crippen LogP contribution in [0.5, 0.6) is 5.75 Å². The first kappa shape index (κ1) is 15.7. The predicted molar refractivity (Wildman–Crippen MR) is 64.8 cm³/mol. The molecule has 0 heterocycles. The van der Waals surface area contributed by atoms with Gasteiger partial charge in [0, 0.05) is 31.8 Å². The summed E-state index contributed by atoms with van der Waals surface area (Å²) in [5.41, 5.74) is 5.95. The van der Waals surface area contributed by atoms with Crippen LogP contribution in [0.15, 0.2) is 24.3 Å². The van der Waals surface area contributed by atoms with Crippen molar-refractivity contribution in [3.63, 3.8) is 0 Å². The molecule has 4 nitrogen and oxygen atoms in total. The van der Waals surface area contributed by atoms with Gasteiger partial charge in [-0.2, -0.15) is 0 Å². The van der Waals surface area contributed by atoms with Gasteiger partial charge in [-0.05, 0) is 6.07 Å². The number of nitrogens with one attached hydrogen (secondary N) is 1. The molecule has 0 fully saturated rings. The fourth-order valence-corrected chi connectivity index (χ4v) is 1.64. The molecule has 19 heavy (non-hydrogen) atoms. The Morgan fingerprint density at radius 2 is 2.00 bits per heavy atom. The molecule has 0 amide bonds. The molecule has 1 aromatic carbocycles. The van der Waals surface area contributed by atoms with Crippen molar-refractivity contribution >= 4 is 0 Å². The standard InChI is InChI=1S/C12H17F3N2O2/c1-18-7-6-17-10(8-16)9-4-2-3-5-11(9)19-12(13,14)15/h2-5,10,17H,6-8,16H2,1H3. The van der Waals surface area contributed by atoms with Crippen molar-refractivity contribution in [1.82, 2.24) is 5.32 Å². The van der Waals surface area contributed by atoms with Crippen molar-refractivity contribution < 1.29 is 22.6 Å². The highest BCUT2D eigenvalue weighted by Crippen LogP contribution is 2.29. The highest BCUT2D eigenvalue weighted by molar-refractivity contribution is 5.36. The van der Waals surface area contributed by atoms with Crippen LogP contribution in [0.4, 0.5) is 13.2 Å². The molecule has 7 heteroatoms. The predicted octanol–water partition coefficient (Wildman–Crippen LogP) is 1.82. The molecule has 1 unspecified atom stereocenters. The molecule has 0 radical (unpaired) electrons. The number of hydrogen-bond donors (Lipinski definition) is 2. The van der Waals surface area contributed by atoms with Crippen molar-refractivity contribution in [2.45, 2.75) is 12.4 Å². The van der Waals surface area contributed by atoms with Crippen LogP contribution in [-0.4, -0.2) is 33.2 Å². The Kier molecular flexibility index (Phi) is 6.07. The Morgan fingerprint density at radius 1 is 1.32 bits per heavy atom. The minimum absolute atomic E-state index is 0.155. The first-order valence-corrected chi connectivity index (χ1v) is 5.75. The van der Waals surface area contributed by atoms with Gasteiger partial charge in [0.05, 0.1) is 6.61 Å². The molecule has 3 N–H and O–H groups in total. The molecule has 0 bridgehead atoms. The molecule has 0 aliphatic carbocycles. The molecule has 1 rings (SSSR count). The van der Waals surface area contributed by atoms with Gasteiger partial charge in [0.1, 0.15) is 5.75 Å². The third-order valence-corrected chi connectivity index (χ3v) is 2.45. The summed E-state index contributed by atoms with van der Waals surface area (Å²) in [4.78, 5) is 0. The van der Waals surface area contributed by atoms with E-state index >= 15 is 0 Å². The number of benzene rings is 1. The van der Waals surface area contributed by atoms with Crippen molar-refractivity contribution in [2.75, 3.05) is 26.8 Å². The van der Waals surface area contributed by atoms with Crippen LogP contribution < -0.4 is 15.8 Å². The van der Waals surface area contributed by atoms with Gasteiger partial charge >= 0.3 is 6.36 Å². The third-order valence-electron chi connectivity index (χ3n) is 2.45. The highest BCUT2D eigenvalue weighted by atomic mass is 19.4. The lowest BCUT2D eigenvalue weighted by Crippen LogP contribution is -2.31. The van der Waals surface area contributed by atoms with E-state index in [0.29, 0.717) is 18.7 Å². The molecule has 0 aliphatic rings. The van der Waals surface area contributed by atoms with Crippen LogP contribution in [0.25, 0.3) is 0 Å². The van der Waals surface area contributed by atoms with Gasteiger partial charge in [0.25, 0.3) is 0 Å². The lowest BCUT2D eigenvalue weighted by atomic mass is 10.1. The fourth-order valence-electron chi connectivity index (χ4n) is 1.64. The zero-order valence-electron chi connectivity index (χ0n) is 10.5. The maximum atomic E-state index is 12.3. The summed E-state index contributed by atoms with van der Waals surface area (Å²) in [5.74, 6) is -0.240. The second-order valence-corrected chi connectivity index (χ2v) is 3.82. The van der Waals surface area contributed by atoms with Gasteiger partial charge in [-0.15, -0.1) is 13.2 Å². The van der Waals surface area contributed by atoms with Crippen molar-refractivity contribution in [3.05, 3.63) is 29.8 Å².